The van der Waals surface area contributed by atoms with Crippen LogP contribution >= 0.6 is 23.5 Å². The van der Waals surface area contributed by atoms with E-state index in [-0.39, 0.29) is 5.60 Å². The molecule has 0 aromatic heterocycles. The van der Waals surface area contributed by atoms with Crippen molar-refractivity contribution < 1.29 is 4.74 Å². The summed E-state index contributed by atoms with van der Waals surface area (Å²) in [7, 11) is 1.82. The molecule has 1 aliphatic rings. The lowest BCUT2D eigenvalue weighted by Crippen LogP contribution is -2.42. The molecule has 0 amide bonds. The Hall–Kier alpha value is 0.620. The molecule has 4 heteroatoms. The van der Waals surface area contributed by atoms with Crippen molar-refractivity contribution in [2.45, 2.75) is 56.9 Å². The van der Waals surface area contributed by atoms with Crippen molar-refractivity contribution in [3.8, 4) is 0 Å². The van der Waals surface area contributed by atoms with Gasteiger partial charge in [-0.25, -0.2) is 0 Å². The maximum atomic E-state index is 5.54. The molecule has 1 aliphatic heterocycles. The molecule has 0 aliphatic carbocycles. The molecule has 0 aromatic rings. The zero-order valence-corrected chi connectivity index (χ0v) is 14.0. The number of thioether (sulfide) groups is 2. The summed E-state index contributed by atoms with van der Waals surface area (Å²) in [6, 6.07) is 0.650. The zero-order chi connectivity index (χ0) is 13.4. The molecule has 0 radical (unpaired) electrons. The molecule has 2 nitrogen and oxygen atoms in total. The van der Waals surface area contributed by atoms with E-state index in [1.54, 1.807) is 0 Å². The normalized spacial score (nSPS) is 23.0. The molecule has 1 heterocycles. The van der Waals surface area contributed by atoms with Crippen LogP contribution in [0.4, 0.5) is 0 Å². The molecule has 1 fully saturated rings. The van der Waals surface area contributed by atoms with Gasteiger partial charge in [0, 0.05) is 35.7 Å². The van der Waals surface area contributed by atoms with Crippen molar-refractivity contribution in [1.82, 2.24) is 5.32 Å². The highest BCUT2D eigenvalue weighted by Gasteiger charge is 2.26. The quantitative estimate of drug-likeness (QED) is 0.739. The van der Waals surface area contributed by atoms with E-state index in [2.05, 4.69) is 49.6 Å². The minimum atomic E-state index is 0.0125. The summed E-state index contributed by atoms with van der Waals surface area (Å²) in [5, 5.41) is 4.53. The third-order valence-corrected chi connectivity index (χ3v) is 6.48. The van der Waals surface area contributed by atoms with Crippen molar-refractivity contribution in [2.24, 2.45) is 0 Å². The Morgan fingerprint density at radius 3 is 2.72 bits per heavy atom. The SMILES string of the molecule is CCCNC(CCC(C)(C)OC)C1CSCCS1. The largest absolute Gasteiger partial charge is 0.379 e. The zero-order valence-electron chi connectivity index (χ0n) is 12.3. The molecule has 1 rings (SSSR count). The summed E-state index contributed by atoms with van der Waals surface area (Å²) in [6.45, 7) is 7.75. The van der Waals surface area contributed by atoms with Gasteiger partial charge in [0.1, 0.15) is 0 Å². The maximum Gasteiger partial charge on any atom is 0.0623 e. The Morgan fingerprint density at radius 2 is 2.17 bits per heavy atom. The lowest BCUT2D eigenvalue weighted by molar-refractivity contribution is 0.0118. The summed E-state index contributed by atoms with van der Waals surface area (Å²) < 4.78 is 5.54. The molecule has 0 saturated carbocycles. The second kappa shape index (κ2) is 8.72. The van der Waals surface area contributed by atoms with E-state index in [9.17, 15) is 0 Å². The van der Waals surface area contributed by atoms with Crippen LogP contribution < -0.4 is 5.32 Å². The van der Waals surface area contributed by atoms with Crippen LogP contribution in [0.15, 0.2) is 0 Å². The van der Waals surface area contributed by atoms with E-state index in [0.29, 0.717) is 6.04 Å². The first-order chi connectivity index (χ1) is 8.59. The minimum absolute atomic E-state index is 0.0125. The lowest BCUT2D eigenvalue weighted by atomic mass is 9.97. The van der Waals surface area contributed by atoms with Crippen molar-refractivity contribution in [2.75, 3.05) is 30.9 Å². The summed E-state index contributed by atoms with van der Waals surface area (Å²) in [6.07, 6.45) is 3.57. The van der Waals surface area contributed by atoms with Gasteiger partial charge in [0.15, 0.2) is 0 Å². The van der Waals surface area contributed by atoms with E-state index < -0.39 is 0 Å². The van der Waals surface area contributed by atoms with Crippen LogP contribution in [0.2, 0.25) is 0 Å². The molecule has 0 spiro atoms. The molecule has 108 valence electrons. The number of hydrogen-bond donors (Lipinski definition) is 1. The molecular weight excluding hydrogens is 262 g/mol. The molecule has 1 N–H and O–H groups in total. The summed E-state index contributed by atoms with van der Waals surface area (Å²) in [4.78, 5) is 0. The fourth-order valence-corrected chi connectivity index (χ4v) is 5.02. The van der Waals surface area contributed by atoms with Crippen LogP contribution in [0, 0.1) is 0 Å². The molecule has 18 heavy (non-hydrogen) atoms. The molecule has 0 bridgehead atoms. The summed E-state index contributed by atoms with van der Waals surface area (Å²) >= 11 is 4.27. The van der Waals surface area contributed by atoms with E-state index in [0.717, 1.165) is 18.2 Å². The maximum absolute atomic E-state index is 5.54. The van der Waals surface area contributed by atoms with E-state index in [4.69, 9.17) is 4.74 Å². The number of methoxy groups -OCH3 is 1. The molecule has 2 atom stereocenters. The van der Waals surface area contributed by atoms with Gasteiger partial charge in [-0.05, 0) is 39.7 Å². The van der Waals surface area contributed by atoms with Crippen molar-refractivity contribution >= 4 is 23.5 Å². The Kier molecular flexibility index (Phi) is 8.08. The van der Waals surface area contributed by atoms with Gasteiger partial charge in [-0.1, -0.05) is 6.92 Å². The van der Waals surface area contributed by atoms with Gasteiger partial charge in [0.2, 0.25) is 0 Å². The van der Waals surface area contributed by atoms with E-state index in [1.807, 2.05) is 7.11 Å². The monoisotopic (exact) mass is 291 g/mol. The fourth-order valence-electron chi connectivity index (χ4n) is 2.09. The lowest BCUT2D eigenvalue weighted by Gasteiger charge is -2.33. The Labute approximate surface area is 121 Å². The first-order valence-corrected chi connectivity index (χ1v) is 9.27. The Morgan fingerprint density at radius 1 is 1.39 bits per heavy atom. The highest BCUT2D eigenvalue weighted by molar-refractivity contribution is 8.06. The first-order valence-electron chi connectivity index (χ1n) is 7.07. The van der Waals surface area contributed by atoms with Gasteiger partial charge in [0.05, 0.1) is 5.60 Å². The second-order valence-electron chi connectivity index (χ2n) is 5.55. The van der Waals surface area contributed by atoms with E-state index in [1.165, 1.54) is 30.1 Å². The Balaban J connectivity index is 2.43. The smallest absolute Gasteiger partial charge is 0.0623 e. The highest BCUT2D eigenvalue weighted by atomic mass is 32.2. The first kappa shape index (κ1) is 16.7. The number of rotatable bonds is 8. The standard InChI is InChI=1S/C14H29NOS2/c1-5-8-15-12(6-7-14(2,3)16-4)13-11-17-9-10-18-13/h12-13,15H,5-11H2,1-4H3. The van der Waals surface area contributed by atoms with Crippen LogP contribution in [-0.2, 0) is 4.74 Å². The Bertz CT molecular complexity index is 218. The molecule has 2 unspecified atom stereocenters. The number of hydrogen-bond acceptors (Lipinski definition) is 4. The highest BCUT2D eigenvalue weighted by Crippen LogP contribution is 2.29. The molecule has 0 aromatic carbocycles. The average molecular weight is 292 g/mol. The van der Waals surface area contributed by atoms with Gasteiger partial charge in [-0.15, -0.1) is 0 Å². The molecular formula is C14H29NOS2. The topological polar surface area (TPSA) is 21.3 Å². The number of ether oxygens (including phenoxy) is 1. The van der Waals surface area contributed by atoms with Gasteiger partial charge >= 0.3 is 0 Å². The van der Waals surface area contributed by atoms with E-state index >= 15 is 0 Å². The van der Waals surface area contributed by atoms with Crippen LogP contribution in [0.1, 0.15) is 40.0 Å². The van der Waals surface area contributed by atoms with Crippen molar-refractivity contribution in [3.05, 3.63) is 0 Å². The minimum Gasteiger partial charge on any atom is -0.379 e. The average Bonchev–Trinajstić information content (AvgIpc) is 2.40. The van der Waals surface area contributed by atoms with Crippen LogP contribution in [0.25, 0.3) is 0 Å². The predicted octanol–water partition coefficient (Wildman–Crippen LogP) is 3.41. The van der Waals surface area contributed by atoms with Gasteiger partial charge < -0.3 is 10.1 Å². The van der Waals surface area contributed by atoms with Gasteiger partial charge in [-0.3, -0.25) is 0 Å². The second-order valence-corrected chi connectivity index (χ2v) is 8.04. The third kappa shape index (κ3) is 6.18. The van der Waals surface area contributed by atoms with Crippen LogP contribution in [0.3, 0.4) is 0 Å². The molecule has 1 saturated heterocycles. The summed E-state index contributed by atoms with van der Waals surface area (Å²) in [5.74, 6) is 3.94. The van der Waals surface area contributed by atoms with Crippen molar-refractivity contribution in [1.29, 1.82) is 0 Å². The summed E-state index contributed by atoms with van der Waals surface area (Å²) in [5.41, 5.74) is 0.0125. The number of nitrogens with one attached hydrogen (secondary N) is 1. The van der Waals surface area contributed by atoms with Gasteiger partial charge in [-0.2, -0.15) is 23.5 Å². The van der Waals surface area contributed by atoms with Crippen LogP contribution in [0.5, 0.6) is 0 Å². The fraction of sp³-hybridized carbons (Fsp3) is 1.00. The van der Waals surface area contributed by atoms with Gasteiger partial charge in [0.25, 0.3) is 0 Å². The van der Waals surface area contributed by atoms with Crippen LogP contribution in [-0.4, -0.2) is 47.8 Å². The predicted molar refractivity (Wildman–Crippen MR) is 86.0 cm³/mol. The van der Waals surface area contributed by atoms with Crippen molar-refractivity contribution in [3.63, 3.8) is 0 Å². The third-order valence-electron chi connectivity index (χ3n) is 3.56.